The summed E-state index contributed by atoms with van der Waals surface area (Å²) in [4.78, 5) is 12.1. The van der Waals surface area contributed by atoms with Gasteiger partial charge in [-0.25, -0.2) is 9.97 Å². The zero-order chi connectivity index (χ0) is 13.5. The molecule has 0 unspecified atom stereocenters. The molecule has 5 heteroatoms. The summed E-state index contributed by atoms with van der Waals surface area (Å²) < 4.78 is 2.36. The lowest BCUT2D eigenvalue weighted by Crippen LogP contribution is -2.30. The van der Waals surface area contributed by atoms with Crippen LogP contribution in [0.25, 0.3) is 22.1 Å². The molecule has 0 aliphatic heterocycles. The summed E-state index contributed by atoms with van der Waals surface area (Å²) in [6.07, 6.45) is 10.7. The van der Waals surface area contributed by atoms with E-state index >= 15 is 0 Å². The Morgan fingerprint density at radius 2 is 2.10 bits per heavy atom. The number of nitrogens with one attached hydrogen (secondary N) is 2. The summed E-state index contributed by atoms with van der Waals surface area (Å²) in [5.41, 5.74) is 3.17. The average Bonchev–Trinajstić information content (AvgIpc) is 3.13. The van der Waals surface area contributed by atoms with E-state index in [4.69, 9.17) is 0 Å². The van der Waals surface area contributed by atoms with Crippen LogP contribution in [0.4, 0.5) is 0 Å². The van der Waals surface area contributed by atoms with Crippen molar-refractivity contribution >= 4 is 22.1 Å². The summed E-state index contributed by atoms with van der Waals surface area (Å²) in [5.74, 6) is 0. The summed E-state index contributed by atoms with van der Waals surface area (Å²) in [7, 11) is 2.06. The number of aromatic amines is 1. The third-order valence-corrected chi connectivity index (χ3v) is 4.62. The van der Waals surface area contributed by atoms with E-state index in [0.717, 1.165) is 11.2 Å². The van der Waals surface area contributed by atoms with Crippen molar-refractivity contribution in [2.75, 3.05) is 7.05 Å². The topological polar surface area (TPSA) is 58.5 Å². The van der Waals surface area contributed by atoms with Crippen molar-refractivity contribution < 1.29 is 0 Å². The fourth-order valence-corrected chi connectivity index (χ4v) is 3.45. The third-order valence-electron chi connectivity index (χ3n) is 4.62. The average molecular weight is 269 g/mol. The maximum Gasteiger partial charge on any atom is 0.139 e. The summed E-state index contributed by atoms with van der Waals surface area (Å²) in [6, 6.07) is 3.34. The number of rotatable bonds is 2. The maximum atomic E-state index is 4.53. The van der Waals surface area contributed by atoms with Crippen molar-refractivity contribution in [2.24, 2.45) is 0 Å². The predicted octanol–water partition coefficient (Wildman–Crippen LogP) is 2.62. The first kappa shape index (κ1) is 11.9. The largest absolute Gasteiger partial charge is 0.346 e. The maximum absolute atomic E-state index is 4.53. The molecule has 0 aromatic carbocycles. The Balaban J connectivity index is 1.78. The molecular weight excluding hydrogens is 250 g/mol. The van der Waals surface area contributed by atoms with Crippen LogP contribution in [0.3, 0.4) is 0 Å². The highest BCUT2D eigenvalue weighted by atomic mass is 15.1. The zero-order valence-electron chi connectivity index (χ0n) is 11.6. The molecule has 2 N–H and O–H groups in total. The first-order valence-corrected chi connectivity index (χ1v) is 7.32. The van der Waals surface area contributed by atoms with E-state index in [9.17, 15) is 0 Å². The quantitative estimate of drug-likeness (QED) is 0.752. The van der Waals surface area contributed by atoms with Gasteiger partial charge in [0.05, 0.1) is 18.0 Å². The van der Waals surface area contributed by atoms with Crippen LogP contribution in [-0.4, -0.2) is 32.6 Å². The van der Waals surface area contributed by atoms with Crippen LogP contribution in [0.5, 0.6) is 0 Å². The van der Waals surface area contributed by atoms with Crippen molar-refractivity contribution in [3.63, 3.8) is 0 Å². The fraction of sp³-hybridized carbons (Fsp3) is 0.467. The highest BCUT2D eigenvalue weighted by Gasteiger charge is 2.23. The molecule has 0 spiro atoms. The number of hydrogen-bond acceptors (Lipinski definition) is 3. The van der Waals surface area contributed by atoms with Gasteiger partial charge in [0.15, 0.2) is 0 Å². The van der Waals surface area contributed by atoms with Crippen LogP contribution in [0, 0.1) is 0 Å². The second-order valence-corrected chi connectivity index (χ2v) is 5.68. The molecule has 3 aromatic rings. The number of hydrogen-bond donors (Lipinski definition) is 2. The summed E-state index contributed by atoms with van der Waals surface area (Å²) >= 11 is 0. The molecule has 3 aromatic heterocycles. The van der Waals surface area contributed by atoms with E-state index in [2.05, 4.69) is 37.9 Å². The Bertz CT molecular complexity index is 733. The Morgan fingerprint density at radius 3 is 2.90 bits per heavy atom. The van der Waals surface area contributed by atoms with E-state index < -0.39 is 0 Å². The molecule has 1 fully saturated rings. The normalized spacial score (nSPS) is 23.6. The van der Waals surface area contributed by atoms with Crippen molar-refractivity contribution in [1.29, 1.82) is 0 Å². The van der Waals surface area contributed by atoms with E-state index in [1.54, 1.807) is 0 Å². The minimum Gasteiger partial charge on any atom is -0.346 e. The van der Waals surface area contributed by atoms with Crippen molar-refractivity contribution in [1.82, 2.24) is 24.8 Å². The van der Waals surface area contributed by atoms with E-state index in [1.165, 1.54) is 36.6 Å². The van der Waals surface area contributed by atoms with E-state index in [-0.39, 0.29) is 0 Å². The molecule has 1 aliphatic carbocycles. The highest BCUT2D eigenvalue weighted by molar-refractivity contribution is 6.00. The van der Waals surface area contributed by atoms with Crippen LogP contribution in [0.15, 0.2) is 24.8 Å². The summed E-state index contributed by atoms with van der Waals surface area (Å²) in [6.45, 7) is 0. The number of fused-ring (bicyclic) bond motifs is 3. The fourth-order valence-electron chi connectivity index (χ4n) is 3.45. The van der Waals surface area contributed by atoms with Crippen LogP contribution < -0.4 is 5.32 Å². The standard InChI is InChI=1S/C15H19N5/c1-16-10-2-4-11(5-3-10)20-9-19-13-8-18-15-12(14(13)20)6-7-17-15/h6-11,16H,2-5H2,1H3,(H,17,18). The molecule has 0 amide bonds. The van der Waals surface area contributed by atoms with Gasteiger partial charge < -0.3 is 14.9 Å². The van der Waals surface area contributed by atoms with Gasteiger partial charge in [-0.05, 0) is 38.8 Å². The van der Waals surface area contributed by atoms with Gasteiger partial charge in [0, 0.05) is 23.7 Å². The van der Waals surface area contributed by atoms with Crippen molar-refractivity contribution in [3.05, 3.63) is 24.8 Å². The number of H-pyrrole nitrogens is 1. The predicted molar refractivity (Wildman–Crippen MR) is 79.7 cm³/mol. The molecule has 5 nitrogen and oxygen atoms in total. The molecule has 0 atom stereocenters. The van der Waals surface area contributed by atoms with Crippen molar-refractivity contribution in [3.8, 4) is 0 Å². The smallest absolute Gasteiger partial charge is 0.139 e. The van der Waals surface area contributed by atoms with Gasteiger partial charge in [0.25, 0.3) is 0 Å². The van der Waals surface area contributed by atoms with E-state index in [1.807, 2.05) is 18.7 Å². The number of pyridine rings is 1. The first-order chi connectivity index (χ1) is 9.86. The summed E-state index contributed by atoms with van der Waals surface area (Å²) in [5, 5.41) is 4.57. The molecule has 1 aliphatic rings. The Labute approximate surface area is 117 Å². The van der Waals surface area contributed by atoms with E-state index in [0.29, 0.717) is 12.1 Å². The van der Waals surface area contributed by atoms with Gasteiger partial charge in [0.2, 0.25) is 0 Å². The van der Waals surface area contributed by atoms with Crippen LogP contribution in [0.2, 0.25) is 0 Å². The lowest BCUT2D eigenvalue weighted by atomic mass is 9.91. The molecule has 3 heterocycles. The number of aromatic nitrogens is 4. The zero-order valence-corrected chi connectivity index (χ0v) is 11.6. The molecule has 1 saturated carbocycles. The number of imidazole rings is 1. The van der Waals surface area contributed by atoms with Gasteiger partial charge in [-0.3, -0.25) is 0 Å². The Morgan fingerprint density at radius 1 is 1.25 bits per heavy atom. The van der Waals surface area contributed by atoms with Gasteiger partial charge >= 0.3 is 0 Å². The van der Waals surface area contributed by atoms with Crippen molar-refractivity contribution in [2.45, 2.75) is 37.8 Å². The molecule has 104 valence electrons. The monoisotopic (exact) mass is 269 g/mol. The third kappa shape index (κ3) is 1.73. The van der Waals surface area contributed by atoms with Gasteiger partial charge in [0.1, 0.15) is 11.2 Å². The molecule has 0 bridgehead atoms. The molecule has 4 rings (SSSR count). The lowest BCUT2D eigenvalue weighted by molar-refractivity contribution is 0.305. The molecule has 0 saturated heterocycles. The SMILES string of the molecule is CNC1CCC(n2cnc3cnc4[nH]ccc4c32)CC1. The van der Waals surface area contributed by atoms with Gasteiger partial charge in [-0.15, -0.1) is 0 Å². The second-order valence-electron chi connectivity index (χ2n) is 5.68. The molecular formula is C15H19N5. The minimum atomic E-state index is 0.560. The molecule has 20 heavy (non-hydrogen) atoms. The van der Waals surface area contributed by atoms with Crippen LogP contribution in [-0.2, 0) is 0 Å². The molecule has 0 radical (unpaired) electrons. The van der Waals surface area contributed by atoms with Gasteiger partial charge in [-0.1, -0.05) is 0 Å². The lowest BCUT2D eigenvalue weighted by Gasteiger charge is -2.29. The van der Waals surface area contributed by atoms with Gasteiger partial charge in [-0.2, -0.15) is 0 Å². The Kier molecular flexibility index (Phi) is 2.73. The second kappa shape index (κ2) is 4.59. The minimum absolute atomic E-state index is 0.560. The first-order valence-electron chi connectivity index (χ1n) is 7.32. The Hall–Kier alpha value is -1.88. The number of nitrogens with zero attached hydrogens (tertiary/aromatic N) is 3. The van der Waals surface area contributed by atoms with Crippen LogP contribution in [0.1, 0.15) is 31.7 Å². The highest BCUT2D eigenvalue weighted by Crippen LogP contribution is 2.33. The van der Waals surface area contributed by atoms with Crippen LogP contribution >= 0.6 is 0 Å².